The standard InChI is InChI=1S/C10H10/c1-3-9(2)10-7-5-4-6-8-10/h1,3-8H,2H3. The van der Waals surface area contributed by atoms with E-state index in [4.69, 9.17) is 6.92 Å². The zero-order chi connectivity index (χ0) is 7.40. The van der Waals surface area contributed by atoms with Gasteiger partial charge < -0.3 is 0 Å². The Hall–Kier alpha value is -1.04. The average molecular weight is 130 g/mol. The van der Waals surface area contributed by atoms with Crippen molar-refractivity contribution in [2.75, 3.05) is 0 Å². The molecule has 0 fully saturated rings. The molecule has 10 heavy (non-hydrogen) atoms. The second-order valence-corrected chi connectivity index (χ2v) is 2.22. The van der Waals surface area contributed by atoms with Gasteiger partial charge in [0.1, 0.15) is 0 Å². The lowest BCUT2D eigenvalue weighted by molar-refractivity contribution is 1.57. The summed E-state index contributed by atoms with van der Waals surface area (Å²) in [5.74, 6) is 0. The predicted octanol–water partition coefficient (Wildman–Crippen LogP) is 2.80. The van der Waals surface area contributed by atoms with Crippen molar-refractivity contribution in [1.82, 2.24) is 0 Å². The Morgan fingerprint density at radius 2 is 1.90 bits per heavy atom. The summed E-state index contributed by atoms with van der Waals surface area (Å²) in [4.78, 5) is 0. The lowest BCUT2D eigenvalue weighted by atomic mass is 10.1. The van der Waals surface area contributed by atoms with Gasteiger partial charge in [0.2, 0.25) is 0 Å². The molecule has 0 amide bonds. The summed E-state index contributed by atoms with van der Waals surface area (Å²) in [6, 6.07) is 10.1. The summed E-state index contributed by atoms with van der Waals surface area (Å²) < 4.78 is 0. The van der Waals surface area contributed by atoms with Crippen LogP contribution in [0, 0.1) is 6.92 Å². The van der Waals surface area contributed by atoms with Gasteiger partial charge in [-0.15, -0.1) is 0 Å². The fourth-order valence-electron chi connectivity index (χ4n) is 0.797. The normalized spacial score (nSPS) is 11.6. The van der Waals surface area contributed by atoms with Crippen LogP contribution in [-0.4, -0.2) is 0 Å². The first-order valence-corrected chi connectivity index (χ1v) is 3.28. The number of hydrogen-bond acceptors (Lipinski definition) is 0. The Balaban J connectivity index is 2.96. The van der Waals surface area contributed by atoms with Gasteiger partial charge in [0.05, 0.1) is 0 Å². The topological polar surface area (TPSA) is 0 Å². The highest BCUT2D eigenvalue weighted by Crippen LogP contribution is 2.11. The fraction of sp³-hybridized carbons (Fsp3) is 0.100. The first-order chi connectivity index (χ1) is 4.84. The molecule has 0 aromatic heterocycles. The maximum atomic E-state index is 5.34. The Kier molecular flexibility index (Phi) is 2.27. The van der Waals surface area contributed by atoms with E-state index in [0.717, 1.165) is 5.57 Å². The molecule has 0 aliphatic heterocycles. The monoisotopic (exact) mass is 130 g/mol. The van der Waals surface area contributed by atoms with Gasteiger partial charge in [-0.3, -0.25) is 0 Å². The SMILES string of the molecule is [CH]C=C(C)c1ccccc1. The molecule has 0 spiro atoms. The molecule has 0 heteroatoms. The number of benzene rings is 1. The quantitative estimate of drug-likeness (QED) is 0.548. The van der Waals surface area contributed by atoms with E-state index in [1.54, 1.807) is 6.08 Å². The average Bonchev–Trinajstić information content (AvgIpc) is 2.05. The highest BCUT2D eigenvalue weighted by atomic mass is 13.9. The highest BCUT2D eigenvalue weighted by molar-refractivity contribution is 5.63. The third-order valence-corrected chi connectivity index (χ3v) is 1.48. The summed E-state index contributed by atoms with van der Waals surface area (Å²) >= 11 is 0. The number of rotatable bonds is 1. The fourth-order valence-corrected chi connectivity index (χ4v) is 0.797. The van der Waals surface area contributed by atoms with Crippen molar-refractivity contribution in [3.8, 4) is 0 Å². The van der Waals surface area contributed by atoms with E-state index in [2.05, 4.69) is 0 Å². The van der Waals surface area contributed by atoms with Gasteiger partial charge >= 0.3 is 0 Å². The van der Waals surface area contributed by atoms with Crippen LogP contribution in [0.3, 0.4) is 0 Å². The van der Waals surface area contributed by atoms with E-state index in [1.807, 2.05) is 37.3 Å². The maximum Gasteiger partial charge on any atom is -0.00895 e. The maximum absolute atomic E-state index is 5.34. The van der Waals surface area contributed by atoms with Crippen molar-refractivity contribution in [2.45, 2.75) is 6.92 Å². The molecule has 0 aliphatic carbocycles. The second kappa shape index (κ2) is 3.21. The minimum absolute atomic E-state index is 1.11. The zero-order valence-corrected chi connectivity index (χ0v) is 6.04. The molecular formula is C10H10. The summed E-state index contributed by atoms with van der Waals surface area (Å²) in [6.45, 7) is 7.34. The van der Waals surface area contributed by atoms with Crippen LogP contribution in [0.25, 0.3) is 5.57 Å². The Morgan fingerprint density at radius 1 is 1.30 bits per heavy atom. The van der Waals surface area contributed by atoms with E-state index in [9.17, 15) is 0 Å². The van der Waals surface area contributed by atoms with Crippen LogP contribution in [0.2, 0.25) is 0 Å². The van der Waals surface area contributed by atoms with Crippen LogP contribution in [-0.2, 0) is 0 Å². The first kappa shape index (κ1) is 7.07. The second-order valence-electron chi connectivity index (χ2n) is 2.22. The van der Waals surface area contributed by atoms with Crippen LogP contribution in [0.4, 0.5) is 0 Å². The molecule has 0 aliphatic rings. The summed E-state index contributed by atoms with van der Waals surface area (Å²) in [5, 5.41) is 0. The summed E-state index contributed by atoms with van der Waals surface area (Å²) in [6.07, 6.45) is 1.62. The molecule has 50 valence electrons. The lowest BCUT2D eigenvalue weighted by Crippen LogP contribution is -1.75. The molecule has 2 radical (unpaired) electrons. The molecule has 0 N–H and O–H groups in total. The van der Waals surface area contributed by atoms with Gasteiger partial charge in [0, 0.05) is 0 Å². The molecule has 1 rings (SSSR count). The Bertz CT molecular complexity index is 219. The van der Waals surface area contributed by atoms with E-state index < -0.39 is 0 Å². The van der Waals surface area contributed by atoms with Crippen LogP contribution in [0.15, 0.2) is 36.4 Å². The van der Waals surface area contributed by atoms with Crippen LogP contribution < -0.4 is 0 Å². The van der Waals surface area contributed by atoms with Gasteiger partial charge in [-0.1, -0.05) is 36.4 Å². The minimum atomic E-state index is 1.11. The summed E-state index contributed by atoms with van der Waals surface area (Å²) in [5.41, 5.74) is 2.30. The van der Waals surface area contributed by atoms with Crippen molar-refractivity contribution in [2.24, 2.45) is 0 Å². The van der Waals surface area contributed by atoms with Crippen LogP contribution in [0.5, 0.6) is 0 Å². The predicted molar refractivity (Wildman–Crippen MR) is 44.4 cm³/mol. The van der Waals surface area contributed by atoms with Gasteiger partial charge in [-0.05, 0) is 25.0 Å². The largest absolute Gasteiger partial charge is 0.0767 e. The highest BCUT2D eigenvalue weighted by Gasteiger charge is 1.88. The van der Waals surface area contributed by atoms with E-state index in [1.165, 1.54) is 5.56 Å². The van der Waals surface area contributed by atoms with Crippen LogP contribution >= 0.6 is 0 Å². The minimum Gasteiger partial charge on any atom is -0.0767 e. The third-order valence-electron chi connectivity index (χ3n) is 1.48. The van der Waals surface area contributed by atoms with Crippen molar-refractivity contribution >= 4 is 5.57 Å². The van der Waals surface area contributed by atoms with Crippen LogP contribution in [0.1, 0.15) is 12.5 Å². The zero-order valence-electron chi connectivity index (χ0n) is 6.04. The molecule has 0 unspecified atom stereocenters. The smallest absolute Gasteiger partial charge is 0.00895 e. The molecule has 1 aromatic carbocycles. The molecular weight excluding hydrogens is 120 g/mol. The third kappa shape index (κ3) is 1.47. The van der Waals surface area contributed by atoms with Crippen molar-refractivity contribution in [3.05, 3.63) is 48.9 Å². The Labute approximate surface area is 62.2 Å². The van der Waals surface area contributed by atoms with Crippen molar-refractivity contribution in [3.63, 3.8) is 0 Å². The lowest BCUT2D eigenvalue weighted by Gasteiger charge is -1.97. The van der Waals surface area contributed by atoms with Gasteiger partial charge in [-0.25, -0.2) is 0 Å². The molecule has 0 bridgehead atoms. The first-order valence-electron chi connectivity index (χ1n) is 3.28. The van der Waals surface area contributed by atoms with Gasteiger partial charge in [-0.2, -0.15) is 0 Å². The van der Waals surface area contributed by atoms with Crippen molar-refractivity contribution in [1.29, 1.82) is 0 Å². The molecule has 0 saturated carbocycles. The number of allylic oxidation sites excluding steroid dienone is 2. The number of hydrogen-bond donors (Lipinski definition) is 0. The van der Waals surface area contributed by atoms with E-state index in [0.29, 0.717) is 0 Å². The van der Waals surface area contributed by atoms with Gasteiger partial charge in [0.15, 0.2) is 0 Å². The Morgan fingerprint density at radius 3 is 2.40 bits per heavy atom. The molecule has 0 saturated heterocycles. The van der Waals surface area contributed by atoms with Gasteiger partial charge in [0.25, 0.3) is 0 Å². The van der Waals surface area contributed by atoms with Crippen molar-refractivity contribution < 1.29 is 0 Å². The summed E-state index contributed by atoms with van der Waals surface area (Å²) in [7, 11) is 0. The molecule has 0 heterocycles. The van der Waals surface area contributed by atoms with E-state index >= 15 is 0 Å². The molecule has 0 nitrogen and oxygen atoms in total. The molecule has 1 aromatic rings. The molecule has 0 atom stereocenters. The van der Waals surface area contributed by atoms with E-state index in [-0.39, 0.29) is 0 Å².